The van der Waals surface area contributed by atoms with Gasteiger partial charge in [-0.2, -0.15) is 8.78 Å². The fraction of sp³-hybridized carbons (Fsp3) is 0.0714. The largest absolute Gasteiger partial charge is 0.435 e. The first kappa shape index (κ1) is 14.6. The van der Waals surface area contributed by atoms with Crippen LogP contribution in [0, 0.1) is 5.82 Å². The second-order valence-electron chi connectivity index (χ2n) is 3.86. The average molecular weight is 345 g/mol. The molecule has 0 fully saturated rings. The van der Waals surface area contributed by atoms with Crippen LogP contribution in [0.15, 0.2) is 46.9 Å². The predicted molar refractivity (Wildman–Crippen MR) is 70.6 cm³/mol. The van der Waals surface area contributed by atoms with Gasteiger partial charge in [-0.15, -0.1) is 0 Å². The van der Waals surface area contributed by atoms with Crippen LogP contribution in [0.3, 0.4) is 0 Å². The van der Waals surface area contributed by atoms with Gasteiger partial charge < -0.3 is 4.74 Å². The van der Waals surface area contributed by atoms with Gasteiger partial charge in [0.05, 0.1) is 5.56 Å². The Kier molecular flexibility index (Phi) is 4.44. The van der Waals surface area contributed by atoms with Gasteiger partial charge in [0.1, 0.15) is 11.6 Å². The van der Waals surface area contributed by atoms with Gasteiger partial charge in [0.2, 0.25) is 0 Å². The first-order chi connectivity index (χ1) is 9.47. The number of ketones is 1. The number of ether oxygens (including phenoxy) is 1. The molecule has 0 saturated carbocycles. The van der Waals surface area contributed by atoms with E-state index in [9.17, 15) is 18.0 Å². The Morgan fingerprint density at radius 3 is 2.35 bits per heavy atom. The van der Waals surface area contributed by atoms with E-state index in [4.69, 9.17) is 0 Å². The van der Waals surface area contributed by atoms with Crippen molar-refractivity contribution < 1.29 is 22.7 Å². The second kappa shape index (κ2) is 6.09. The molecule has 20 heavy (non-hydrogen) atoms. The molecule has 2 nitrogen and oxygen atoms in total. The van der Waals surface area contributed by atoms with Crippen LogP contribution in [0.25, 0.3) is 0 Å². The van der Waals surface area contributed by atoms with Gasteiger partial charge in [-0.25, -0.2) is 4.39 Å². The number of benzene rings is 2. The van der Waals surface area contributed by atoms with E-state index in [1.165, 1.54) is 42.5 Å². The molecule has 6 heteroatoms. The Balaban J connectivity index is 2.27. The first-order valence-electron chi connectivity index (χ1n) is 5.52. The number of hydrogen-bond acceptors (Lipinski definition) is 2. The summed E-state index contributed by atoms with van der Waals surface area (Å²) in [6.07, 6.45) is 0. The molecule has 2 rings (SSSR count). The highest BCUT2D eigenvalue weighted by atomic mass is 79.9. The van der Waals surface area contributed by atoms with Gasteiger partial charge in [0.25, 0.3) is 0 Å². The molecule has 0 atom stereocenters. The fourth-order valence-corrected chi connectivity index (χ4v) is 1.98. The molecule has 0 bridgehead atoms. The number of carbonyl (C=O) groups is 1. The summed E-state index contributed by atoms with van der Waals surface area (Å²) >= 11 is 3.15. The van der Waals surface area contributed by atoms with Crippen LogP contribution < -0.4 is 4.74 Å². The van der Waals surface area contributed by atoms with Gasteiger partial charge in [0.15, 0.2) is 5.78 Å². The minimum absolute atomic E-state index is 0.0636. The molecule has 0 N–H and O–H groups in total. The number of halogens is 4. The van der Waals surface area contributed by atoms with E-state index in [1.54, 1.807) is 0 Å². The summed E-state index contributed by atoms with van der Waals surface area (Å²) < 4.78 is 42.3. The van der Waals surface area contributed by atoms with Crippen LogP contribution in [-0.2, 0) is 0 Å². The molecule has 0 unspecified atom stereocenters. The fourth-order valence-electron chi connectivity index (χ4n) is 1.61. The molecular formula is C14H8BrF3O2. The Labute approximate surface area is 121 Å². The summed E-state index contributed by atoms with van der Waals surface area (Å²) in [6.45, 7) is -2.93. The molecule has 0 aliphatic heterocycles. The standard InChI is InChI=1S/C14H8BrF3O2/c15-9-3-6-12(16)11(7-9)13(19)8-1-4-10(5-2-8)20-14(17)18/h1-7,14H. The average Bonchev–Trinajstić information content (AvgIpc) is 2.41. The summed E-state index contributed by atoms with van der Waals surface area (Å²) in [5.74, 6) is -1.25. The highest BCUT2D eigenvalue weighted by Gasteiger charge is 2.15. The van der Waals surface area contributed by atoms with Crippen LogP contribution in [0.2, 0.25) is 0 Å². The van der Waals surface area contributed by atoms with Gasteiger partial charge >= 0.3 is 6.61 Å². The van der Waals surface area contributed by atoms with E-state index < -0.39 is 18.2 Å². The van der Waals surface area contributed by atoms with Crippen molar-refractivity contribution in [2.75, 3.05) is 0 Å². The SMILES string of the molecule is O=C(c1ccc(OC(F)F)cc1)c1cc(Br)ccc1F. The second-order valence-corrected chi connectivity index (χ2v) is 4.77. The van der Waals surface area contributed by atoms with Crippen molar-refractivity contribution in [3.05, 3.63) is 63.9 Å². The molecule has 0 amide bonds. The molecule has 0 heterocycles. The third-order valence-corrected chi connectivity index (χ3v) is 3.01. The van der Waals surface area contributed by atoms with E-state index in [1.807, 2.05) is 0 Å². The monoisotopic (exact) mass is 344 g/mol. The molecule has 0 radical (unpaired) electrons. The normalized spacial score (nSPS) is 10.7. The van der Waals surface area contributed by atoms with E-state index in [2.05, 4.69) is 20.7 Å². The molecule has 0 spiro atoms. The highest BCUT2D eigenvalue weighted by molar-refractivity contribution is 9.10. The Bertz CT molecular complexity index is 627. The summed E-state index contributed by atoms with van der Waals surface area (Å²) in [7, 11) is 0. The number of rotatable bonds is 4. The zero-order valence-corrected chi connectivity index (χ0v) is 11.5. The number of carbonyl (C=O) groups excluding carboxylic acids is 1. The lowest BCUT2D eigenvalue weighted by molar-refractivity contribution is -0.0498. The molecule has 0 aliphatic rings. The summed E-state index contributed by atoms with van der Waals surface area (Å²) in [5.41, 5.74) is 0.0884. The Morgan fingerprint density at radius 1 is 1.10 bits per heavy atom. The molecule has 0 aromatic heterocycles. The predicted octanol–water partition coefficient (Wildman–Crippen LogP) is 4.42. The summed E-state index contributed by atoms with van der Waals surface area (Å²) in [6, 6.07) is 9.09. The lowest BCUT2D eigenvalue weighted by atomic mass is 10.0. The van der Waals surface area contributed by atoms with Crippen LogP contribution >= 0.6 is 15.9 Å². The molecule has 0 aliphatic carbocycles. The van der Waals surface area contributed by atoms with Crippen LogP contribution in [0.4, 0.5) is 13.2 Å². The van der Waals surface area contributed by atoms with Crippen LogP contribution in [0.1, 0.15) is 15.9 Å². The smallest absolute Gasteiger partial charge is 0.387 e. The quantitative estimate of drug-likeness (QED) is 0.767. The molecule has 2 aromatic carbocycles. The van der Waals surface area contributed by atoms with E-state index >= 15 is 0 Å². The first-order valence-corrected chi connectivity index (χ1v) is 6.31. The zero-order valence-electron chi connectivity index (χ0n) is 9.95. The Hall–Kier alpha value is -1.82. The third-order valence-electron chi connectivity index (χ3n) is 2.51. The van der Waals surface area contributed by atoms with Crippen molar-refractivity contribution in [3.8, 4) is 5.75 Å². The molecule has 104 valence electrons. The maximum atomic E-state index is 13.6. The van der Waals surface area contributed by atoms with E-state index in [-0.39, 0.29) is 16.9 Å². The van der Waals surface area contributed by atoms with E-state index in [0.717, 1.165) is 0 Å². The van der Waals surface area contributed by atoms with Gasteiger partial charge in [0, 0.05) is 10.0 Å². The van der Waals surface area contributed by atoms with Crippen molar-refractivity contribution in [1.29, 1.82) is 0 Å². The summed E-state index contributed by atoms with van der Waals surface area (Å²) in [4.78, 5) is 12.1. The van der Waals surface area contributed by atoms with Crippen molar-refractivity contribution in [2.24, 2.45) is 0 Å². The van der Waals surface area contributed by atoms with Gasteiger partial charge in [-0.1, -0.05) is 15.9 Å². The van der Waals surface area contributed by atoms with Crippen molar-refractivity contribution in [3.63, 3.8) is 0 Å². The minimum Gasteiger partial charge on any atom is -0.435 e. The maximum Gasteiger partial charge on any atom is 0.387 e. The van der Waals surface area contributed by atoms with Crippen LogP contribution in [-0.4, -0.2) is 12.4 Å². The minimum atomic E-state index is -2.93. The van der Waals surface area contributed by atoms with Gasteiger partial charge in [-0.3, -0.25) is 4.79 Å². The molecule has 0 saturated heterocycles. The van der Waals surface area contributed by atoms with Crippen molar-refractivity contribution >= 4 is 21.7 Å². The molecule has 2 aromatic rings. The van der Waals surface area contributed by atoms with Gasteiger partial charge in [-0.05, 0) is 42.5 Å². The third kappa shape index (κ3) is 3.39. The Morgan fingerprint density at radius 2 is 1.75 bits per heavy atom. The number of alkyl halides is 2. The van der Waals surface area contributed by atoms with Crippen molar-refractivity contribution in [2.45, 2.75) is 6.61 Å². The lowest BCUT2D eigenvalue weighted by Gasteiger charge is -2.06. The maximum absolute atomic E-state index is 13.6. The van der Waals surface area contributed by atoms with E-state index in [0.29, 0.717) is 4.47 Å². The van der Waals surface area contributed by atoms with Crippen LogP contribution in [0.5, 0.6) is 5.75 Å². The molecular weight excluding hydrogens is 337 g/mol. The lowest BCUT2D eigenvalue weighted by Crippen LogP contribution is -2.05. The zero-order chi connectivity index (χ0) is 14.7. The van der Waals surface area contributed by atoms with Crippen molar-refractivity contribution in [1.82, 2.24) is 0 Å². The highest BCUT2D eigenvalue weighted by Crippen LogP contribution is 2.21. The topological polar surface area (TPSA) is 26.3 Å². The summed E-state index contributed by atoms with van der Waals surface area (Å²) in [5, 5.41) is 0. The number of hydrogen-bond donors (Lipinski definition) is 0.